The third-order valence-electron chi connectivity index (χ3n) is 2.58. The van der Waals surface area contributed by atoms with Crippen LogP contribution >= 0.6 is 27.5 Å². The number of ether oxygens (including phenoxy) is 1. The van der Waals surface area contributed by atoms with Crippen LogP contribution in [0.4, 0.5) is 5.69 Å². The molecule has 0 saturated carbocycles. The Kier molecular flexibility index (Phi) is 4.59. The minimum Gasteiger partial charge on any atom is -0.450 e. The summed E-state index contributed by atoms with van der Waals surface area (Å²) in [6, 6.07) is 9.52. The van der Waals surface area contributed by atoms with Gasteiger partial charge in [-0.2, -0.15) is 0 Å². The molecule has 0 unspecified atom stereocenters. The molecule has 2 N–H and O–H groups in total. The van der Waals surface area contributed by atoms with Crippen LogP contribution in [0.1, 0.15) is 5.56 Å². The molecule has 2 aromatic carbocycles. The summed E-state index contributed by atoms with van der Waals surface area (Å²) in [4.78, 5) is 10.5. The molecule has 2 aromatic rings. The number of hydrogen-bond donors (Lipinski definition) is 1. The third-order valence-corrected chi connectivity index (χ3v) is 3.31. The predicted octanol–water partition coefficient (Wildman–Crippen LogP) is 4.26. The Morgan fingerprint density at radius 1 is 1.25 bits per heavy atom. The predicted molar refractivity (Wildman–Crippen MR) is 80.2 cm³/mol. The van der Waals surface area contributed by atoms with Crippen molar-refractivity contribution < 1.29 is 9.66 Å². The van der Waals surface area contributed by atoms with Crippen molar-refractivity contribution in [2.45, 2.75) is 6.54 Å². The van der Waals surface area contributed by atoms with Crippen molar-refractivity contribution in [3.05, 3.63) is 61.6 Å². The van der Waals surface area contributed by atoms with Crippen LogP contribution in [0, 0.1) is 10.1 Å². The summed E-state index contributed by atoms with van der Waals surface area (Å²) in [5.74, 6) is 0.595. The zero-order valence-electron chi connectivity index (χ0n) is 10.2. The van der Waals surface area contributed by atoms with Gasteiger partial charge in [0.15, 0.2) is 0 Å². The lowest BCUT2D eigenvalue weighted by atomic mass is 10.2. The van der Waals surface area contributed by atoms with E-state index in [9.17, 15) is 10.1 Å². The Morgan fingerprint density at radius 2 is 1.95 bits per heavy atom. The van der Waals surface area contributed by atoms with Crippen molar-refractivity contribution in [1.29, 1.82) is 0 Å². The van der Waals surface area contributed by atoms with Gasteiger partial charge >= 0.3 is 5.69 Å². The molecule has 0 amide bonds. The Hall–Kier alpha value is -1.63. The lowest BCUT2D eigenvalue weighted by Crippen LogP contribution is -2.00. The van der Waals surface area contributed by atoms with Crippen molar-refractivity contribution in [3.63, 3.8) is 0 Å². The summed E-state index contributed by atoms with van der Waals surface area (Å²) in [6.07, 6.45) is 0. The molecule has 7 heteroatoms. The summed E-state index contributed by atoms with van der Waals surface area (Å²) in [7, 11) is 0. The molecular weight excluding hydrogens is 348 g/mol. The monoisotopic (exact) mass is 356 g/mol. The number of halogens is 2. The maximum absolute atomic E-state index is 11.0. The van der Waals surface area contributed by atoms with Crippen LogP contribution in [0.3, 0.4) is 0 Å². The third kappa shape index (κ3) is 3.27. The zero-order chi connectivity index (χ0) is 14.7. The molecule has 5 nitrogen and oxygen atoms in total. The fourth-order valence-electron chi connectivity index (χ4n) is 1.65. The molecule has 104 valence electrons. The van der Waals surface area contributed by atoms with E-state index in [1.54, 1.807) is 24.3 Å². The van der Waals surface area contributed by atoms with Crippen molar-refractivity contribution in [2.75, 3.05) is 0 Å². The molecule has 0 aliphatic rings. The van der Waals surface area contributed by atoms with Crippen molar-refractivity contribution in [2.24, 2.45) is 5.73 Å². The molecule has 20 heavy (non-hydrogen) atoms. The van der Waals surface area contributed by atoms with Gasteiger partial charge in [0.2, 0.25) is 5.75 Å². The van der Waals surface area contributed by atoms with Gasteiger partial charge in [-0.3, -0.25) is 10.1 Å². The molecule has 0 heterocycles. The number of nitro benzene ring substituents is 1. The molecule has 0 aromatic heterocycles. The van der Waals surface area contributed by atoms with Crippen LogP contribution in [0.2, 0.25) is 5.02 Å². The van der Waals surface area contributed by atoms with Gasteiger partial charge in [-0.1, -0.05) is 27.5 Å². The van der Waals surface area contributed by atoms with E-state index in [0.717, 1.165) is 0 Å². The average molecular weight is 358 g/mol. The van der Waals surface area contributed by atoms with Crippen molar-refractivity contribution >= 4 is 33.2 Å². The number of nitrogens with two attached hydrogens (primary N) is 1. The molecule has 0 aliphatic carbocycles. The first-order valence-corrected chi connectivity index (χ1v) is 6.78. The first-order valence-electron chi connectivity index (χ1n) is 5.61. The zero-order valence-corrected chi connectivity index (χ0v) is 12.5. The lowest BCUT2D eigenvalue weighted by Gasteiger charge is -2.10. The summed E-state index contributed by atoms with van der Waals surface area (Å²) in [5.41, 5.74) is 6.16. The Balaban J connectivity index is 2.42. The number of benzene rings is 2. The minimum absolute atomic E-state index is 0.128. The van der Waals surface area contributed by atoms with E-state index in [0.29, 0.717) is 20.8 Å². The van der Waals surface area contributed by atoms with Crippen LogP contribution in [-0.4, -0.2) is 4.92 Å². The summed E-state index contributed by atoms with van der Waals surface area (Å²) in [5, 5.41) is 11.6. The van der Waals surface area contributed by atoms with Crippen LogP contribution in [-0.2, 0) is 6.54 Å². The molecule has 0 saturated heterocycles. The van der Waals surface area contributed by atoms with E-state index in [1.165, 1.54) is 12.1 Å². The Morgan fingerprint density at radius 3 is 2.60 bits per heavy atom. The summed E-state index contributed by atoms with van der Waals surface area (Å²) < 4.78 is 6.21. The van der Waals surface area contributed by atoms with E-state index >= 15 is 0 Å². The van der Waals surface area contributed by atoms with Crippen LogP contribution in [0.25, 0.3) is 0 Å². The lowest BCUT2D eigenvalue weighted by molar-refractivity contribution is -0.385. The first-order chi connectivity index (χ1) is 9.51. The average Bonchev–Trinajstić information content (AvgIpc) is 2.42. The number of hydrogen-bond acceptors (Lipinski definition) is 4. The second-order valence-electron chi connectivity index (χ2n) is 3.93. The van der Waals surface area contributed by atoms with Crippen LogP contribution in [0.5, 0.6) is 11.5 Å². The highest BCUT2D eigenvalue weighted by Crippen LogP contribution is 2.35. The van der Waals surface area contributed by atoms with E-state index < -0.39 is 4.92 Å². The SMILES string of the molecule is NCc1cc(Cl)ccc1Oc1ccc(Br)cc1[N+](=O)[O-]. The van der Waals surface area contributed by atoms with Crippen molar-refractivity contribution in [1.82, 2.24) is 0 Å². The molecule has 0 aliphatic heterocycles. The second kappa shape index (κ2) is 6.21. The standard InChI is InChI=1S/C13H10BrClN2O3/c14-9-1-3-13(11(6-9)17(18)19)20-12-4-2-10(15)5-8(12)7-16/h1-6H,7,16H2. The highest BCUT2D eigenvalue weighted by molar-refractivity contribution is 9.10. The fourth-order valence-corrected chi connectivity index (χ4v) is 2.19. The van der Waals surface area contributed by atoms with E-state index in [1.807, 2.05) is 0 Å². The number of nitrogens with zero attached hydrogens (tertiary/aromatic N) is 1. The van der Waals surface area contributed by atoms with Gasteiger partial charge in [-0.15, -0.1) is 0 Å². The highest BCUT2D eigenvalue weighted by Gasteiger charge is 2.17. The van der Waals surface area contributed by atoms with Crippen LogP contribution < -0.4 is 10.5 Å². The van der Waals surface area contributed by atoms with Gasteiger partial charge < -0.3 is 10.5 Å². The molecule has 0 fully saturated rings. The van der Waals surface area contributed by atoms with Crippen LogP contribution in [0.15, 0.2) is 40.9 Å². The van der Waals surface area contributed by atoms with E-state index in [-0.39, 0.29) is 18.0 Å². The maximum atomic E-state index is 11.0. The fraction of sp³-hybridized carbons (Fsp3) is 0.0769. The summed E-state index contributed by atoms with van der Waals surface area (Å²) >= 11 is 9.07. The van der Waals surface area contributed by atoms with Gasteiger partial charge in [0.05, 0.1) is 4.92 Å². The Bertz CT molecular complexity index is 664. The molecule has 0 atom stereocenters. The molecule has 2 rings (SSSR count). The topological polar surface area (TPSA) is 78.4 Å². The summed E-state index contributed by atoms with van der Waals surface area (Å²) in [6.45, 7) is 0.222. The smallest absolute Gasteiger partial charge is 0.312 e. The van der Waals surface area contributed by atoms with Gasteiger partial charge in [0.25, 0.3) is 0 Å². The maximum Gasteiger partial charge on any atom is 0.312 e. The highest BCUT2D eigenvalue weighted by atomic mass is 79.9. The normalized spacial score (nSPS) is 10.3. The van der Waals surface area contributed by atoms with Gasteiger partial charge in [0, 0.05) is 27.7 Å². The van der Waals surface area contributed by atoms with E-state index in [2.05, 4.69) is 15.9 Å². The number of rotatable bonds is 4. The van der Waals surface area contributed by atoms with E-state index in [4.69, 9.17) is 22.1 Å². The largest absolute Gasteiger partial charge is 0.450 e. The van der Waals surface area contributed by atoms with Gasteiger partial charge in [0.1, 0.15) is 5.75 Å². The second-order valence-corrected chi connectivity index (χ2v) is 5.28. The Labute approximate surface area is 128 Å². The van der Waals surface area contributed by atoms with Gasteiger partial charge in [-0.05, 0) is 30.3 Å². The number of nitro groups is 1. The molecule has 0 radical (unpaired) electrons. The minimum atomic E-state index is -0.502. The van der Waals surface area contributed by atoms with Gasteiger partial charge in [-0.25, -0.2) is 0 Å². The molecule has 0 bridgehead atoms. The molecular formula is C13H10BrClN2O3. The quantitative estimate of drug-likeness (QED) is 0.655. The molecule has 0 spiro atoms. The first kappa shape index (κ1) is 14.8. The van der Waals surface area contributed by atoms with Crippen molar-refractivity contribution in [3.8, 4) is 11.5 Å².